The van der Waals surface area contributed by atoms with E-state index in [9.17, 15) is 4.79 Å². The molecule has 0 fully saturated rings. The second kappa shape index (κ2) is 6.57. The number of hydrogen-bond acceptors (Lipinski definition) is 3. The normalized spacial score (nSPS) is 10.2. The second-order valence-corrected chi connectivity index (χ2v) is 5.15. The van der Waals surface area contributed by atoms with Crippen LogP contribution < -0.4 is 9.47 Å². The number of rotatable bonds is 5. The minimum absolute atomic E-state index is 0.0738. The van der Waals surface area contributed by atoms with Crippen molar-refractivity contribution < 1.29 is 14.3 Å². The van der Waals surface area contributed by atoms with Gasteiger partial charge in [-0.05, 0) is 57.9 Å². The standard InChI is InChI=1S/C16H15BrO3/c1-19-13-6-4-12(5-7-13)15(18)10-11-3-8-16(20-2)14(17)9-11/h3-9H,10H2,1-2H3. The molecule has 2 aromatic carbocycles. The van der Waals surface area contributed by atoms with E-state index in [1.54, 1.807) is 38.5 Å². The molecule has 2 rings (SSSR count). The molecular weight excluding hydrogens is 320 g/mol. The SMILES string of the molecule is COc1ccc(C(=O)Cc2ccc(OC)c(Br)c2)cc1. The molecule has 20 heavy (non-hydrogen) atoms. The summed E-state index contributed by atoms with van der Waals surface area (Å²) in [6, 6.07) is 12.8. The first-order valence-corrected chi connectivity index (χ1v) is 6.93. The average molecular weight is 335 g/mol. The fraction of sp³-hybridized carbons (Fsp3) is 0.188. The molecule has 0 saturated heterocycles. The van der Waals surface area contributed by atoms with Gasteiger partial charge in [0, 0.05) is 12.0 Å². The Bertz CT molecular complexity index is 606. The second-order valence-electron chi connectivity index (χ2n) is 4.30. The van der Waals surface area contributed by atoms with Crippen molar-refractivity contribution in [2.24, 2.45) is 0 Å². The Labute approximate surface area is 126 Å². The number of ketones is 1. The summed E-state index contributed by atoms with van der Waals surface area (Å²) >= 11 is 3.42. The van der Waals surface area contributed by atoms with Crippen LogP contribution in [-0.4, -0.2) is 20.0 Å². The van der Waals surface area contributed by atoms with Crippen molar-refractivity contribution in [3.63, 3.8) is 0 Å². The third-order valence-corrected chi connectivity index (χ3v) is 3.61. The zero-order valence-electron chi connectivity index (χ0n) is 11.4. The maximum absolute atomic E-state index is 12.2. The topological polar surface area (TPSA) is 35.5 Å². The van der Waals surface area contributed by atoms with Gasteiger partial charge in [0.25, 0.3) is 0 Å². The fourth-order valence-electron chi connectivity index (χ4n) is 1.88. The van der Waals surface area contributed by atoms with Gasteiger partial charge in [-0.3, -0.25) is 4.79 Å². The molecule has 0 bridgehead atoms. The van der Waals surface area contributed by atoms with Crippen LogP contribution in [0.1, 0.15) is 15.9 Å². The maximum atomic E-state index is 12.2. The Hall–Kier alpha value is -1.81. The molecule has 0 aliphatic carbocycles. The van der Waals surface area contributed by atoms with Gasteiger partial charge < -0.3 is 9.47 Å². The molecular formula is C16H15BrO3. The third-order valence-electron chi connectivity index (χ3n) is 2.99. The summed E-state index contributed by atoms with van der Waals surface area (Å²) in [6.45, 7) is 0. The van der Waals surface area contributed by atoms with E-state index >= 15 is 0 Å². The van der Waals surface area contributed by atoms with E-state index in [4.69, 9.17) is 9.47 Å². The molecule has 0 saturated carbocycles. The Morgan fingerprint density at radius 3 is 2.30 bits per heavy atom. The van der Waals surface area contributed by atoms with Crippen molar-refractivity contribution in [1.29, 1.82) is 0 Å². The first kappa shape index (κ1) is 14.6. The molecule has 0 amide bonds. The summed E-state index contributed by atoms with van der Waals surface area (Å²) in [6.07, 6.45) is 0.356. The van der Waals surface area contributed by atoms with E-state index < -0.39 is 0 Å². The molecule has 0 spiro atoms. The van der Waals surface area contributed by atoms with Crippen LogP contribution in [-0.2, 0) is 6.42 Å². The molecule has 0 aliphatic heterocycles. The summed E-state index contributed by atoms with van der Waals surface area (Å²) < 4.78 is 11.1. The lowest BCUT2D eigenvalue weighted by Gasteiger charge is -2.06. The van der Waals surface area contributed by atoms with Crippen molar-refractivity contribution in [2.75, 3.05) is 14.2 Å². The maximum Gasteiger partial charge on any atom is 0.167 e. The van der Waals surface area contributed by atoms with Gasteiger partial charge >= 0.3 is 0 Å². The molecule has 104 valence electrons. The summed E-state index contributed by atoms with van der Waals surface area (Å²) in [5.41, 5.74) is 1.62. The van der Waals surface area contributed by atoms with Gasteiger partial charge in [0.2, 0.25) is 0 Å². The molecule has 3 nitrogen and oxygen atoms in total. The van der Waals surface area contributed by atoms with Gasteiger partial charge in [0.05, 0.1) is 18.7 Å². The van der Waals surface area contributed by atoms with Crippen molar-refractivity contribution in [3.8, 4) is 11.5 Å². The highest BCUT2D eigenvalue weighted by Gasteiger charge is 2.09. The molecule has 0 unspecified atom stereocenters. The summed E-state index contributed by atoms with van der Waals surface area (Å²) in [5, 5.41) is 0. The van der Waals surface area contributed by atoms with E-state index in [0.29, 0.717) is 12.0 Å². The molecule has 0 heterocycles. The number of Topliss-reactive ketones (excluding diaryl/α,β-unsaturated/α-hetero) is 1. The van der Waals surface area contributed by atoms with Gasteiger partial charge in [-0.15, -0.1) is 0 Å². The Morgan fingerprint density at radius 2 is 1.75 bits per heavy atom. The highest BCUT2D eigenvalue weighted by molar-refractivity contribution is 9.10. The van der Waals surface area contributed by atoms with E-state index in [-0.39, 0.29) is 5.78 Å². The van der Waals surface area contributed by atoms with Crippen molar-refractivity contribution in [2.45, 2.75) is 6.42 Å². The quantitative estimate of drug-likeness (QED) is 0.778. The Kier molecular flexibility index (Phi) is 4.79. The Balaban J connectivity index is 2.12. The van der Waals surface area contributed by atoms with Gasteiger partial charge in [-0.1, -0.05) is 6.07 Å². The van der Waals surface area contributed by atoms with Crippen LogP contribution in [0, 0.1) is 0 Å². The molecule has 0 radical (unpaired) electrons. The number of benzene rings is 2. The van der Waals surface area contributed by atoms with E-state index in [2.05, 4.69) is 15.9 Å². The summed E-state index contributed by atoms with van der Waals surface area (Å²) in [7, 11) is 3.22. The lowest BCUT2D eigenvalue weighted by molar-refractivity contribution is 0.0993. The third kappa shape index (κ3) is 3.39. The summed E-state index contributed by atoms with van der Waals surface area (Å²) in [5.74, 6) is 1.57. The van der Waals surface area contributed by atoms with Crippen LogP contribution in [0.15, 0.2) is 46.9 Å². The van der Waals surface area contributed by atoms with Gasteiger partial charge in [-0.2, -0.15) is 0 Å². The smallest absolute Gasteiger partial charge is 0.167 e. The fourth-order valence-corrected chi connectivity index (χ4v) is 2.47. The molecule has 0 aromatic heterocycles. The van der Waals surface area contributed by atoms with Crippen molar-refractivity contribution >= 4 is 21.7 Å². The molecule has 2 aromatic rings. The minimum Gasteiger partial charge on any atom is -0.497 e. The zero-order chi connectivity index (χ0) is 14.5. The number of carbonyl (C=O) groups is 1. The molecule has 4 heteroatoms. The lowest BCUT2D eigenvalue weighted by atomic mass is 10.0. The molecule has 0 atom stereocenters. The number of methoxy groups -OCH3 is 2. The van der Waals surface area contributed by atoms with Crippen LogP contribution in [0.25, 0.3) is 0 Å². The highest BCUT2D eigenvalue weighted by Crippen LogP contribution is 2.26. The van der Waals surface area contributed by atoms with Crippen molar-refractivity contribution in [3.05, 3.63) is 58.1 Å². The molecule has 0 N–H and O–H groups in total. The molecule has 0 aliphatic rings. The van der Waals surface area contributed by atoms with E-state index in [1.165, 1.54) is 0 Å². The number of carbonyl (C=O) groups excluding carboxylic acids is 1. The van der Waals surface area contributed by atoms with Crippen LogP contribution in [0.5, 0.6) is 11.5 Å². The number of hydrogen-bond donors (Lipinski definition) is 0. The number of ether oxygens (including phenoxy) is 2. The average Bonchev–Trinajstić information content (AvgIpc) is 2.47. The summed E-state index contributed by atoms with van der Waals surface area (Å²) in [4.78, 5) is 12.2. The number of halogens is 1. The Morgan fingerprint density at radius 1 is 1.05 bits per heavy atom. The van der Waals surface area contributed by atoms with Crippen LogP contribution in [0.4, 0.5) is 0 Å². The van der Waals surface area contributed by atoms with Gasteiger partial charge in [-0.25, -0.2) is 0 Å². The van der Waals surface area contributed by atoms with Gasteiger partial charge in [0.1, 0.15) is 11.5 Å². The lowest BCUT2D eigenvalue weighted by Crippen LogP contribution is -2.03. The first-order valence-electron chi connectivity index (χ1n) is 6.13. The monoisotopic (exact) mass is 334 g/mol. The van der Waals surface area contributed by atoms with E-state index in [1.807, 2.05) is 18.2 Å². The van der Waals surface area contributed by atoms with Crippen LogP contribution in [0.2, 0.25) is 0 Å². The minimum atomic E-state index is 0.0738. The first-order chi connectivity index (χ1) is 9.63. The largest absolute Gasteiger partial charge is 0.497 e. The van der Waals surface area contributed by atoms with E-state index in [0.717, 1.165) is 21.5 Å². The van der Waals surface area contributed by atoms with Crippen LogP contribution >= 0.6 is 15.9 Å². The predicted octanol–water partition coefficient (Wildman–Crippen LogP) is 3.89. The highest BCUT2D eigenvalue weighted by atomic mass is 79.9. The van der Waals surface area contributed by atoms with Gasteiger partial charge in [0.15, 0.2) is 5.78 Å². The predicted molar refractivity (Wildman–Crippen MR) is 81.7 cm³/mol. The van der Waals surface area contributed by atoms with Crippen LogP contribution in [0.3, 0.4) is 0 Å². The van der Waals surface area contributed by atoms with Crippen molar-refractivity contribution in [1.82, 2.24) is 0 Å². The zero-order valence-corrected chi connectivity index (χ0v) is 12.9.